The monoisotopic (exact) mass is 312 g/mol. The van der Waals surface area contributed by atoms with E-state index >= 15 is 0 Å². The first-order valence-electron chi connectivity index (χ1n) is 7.48. The van der Waals surface area contributed by atoms with Gasteiger partial charge in [0.15, 0.2) is 0 Å². The number of ether oxygens (including phenoxy) is 1. The molecule has 2 rings (SSSR count). The van der Waals surface area contributed by atoms with Crippen molar-refractivity contribution < 1.29 is 9.13 Å². The molecule has 1 saturated heterocycles. The number of hydrogen-bond acceptors (Lipinski definition) is 4. The highest BCUT2D eigenvalue weighted by Crippen LogP contribution is 2.30. The highest BCUT2D eigenvalue weighted by atomic mass is 32.2. The predicted molar refractivity (Wildman–Crippen MR) is 88.7 cm³/mol. The maximum Gasteiger partial charge on any atom is 0.123 e. The van der Waals surface area contributed by atoms with Crippen molar-refractivity contribution in [3.63, 3.8) is 0 Å². The van der Waals surface area contributed by atoms with Crippen LogP contribution in [0.5, 0.6) is 0 Å². The first-order chi connectivity index (χ1) is 10.1. The van der Waals surface area contributed by atoms with Gasteiger partial charge >= 0.3 is 0 Å². The van der Waals surface area contributed by atoms with Gasteiger partial charge in [-0.15, -0.1) is 0 Å². The zero-order chi connectivity index (χ0) is 15.2. The van der Waals surface area contributed by atoms with E-state index in [-0.39, 0.29) is 5.82 Å². The summed E-state index contributed by atoms with van der Waals surface area (Å²) in [6, 6.07) is 5.12. The maximum atomic E-state index is 13.6. The zero-order valence-electron chi connectivity index (χ0n) is 13.1. The Kier molecular flexibility index (Phi) is 6.33. The van der Waals surface area contributed by atoms with E-state index in [4.69, 9.17) is 4.74 Å². The highest BCUT2D eigenvalue weighted by Gasteiger charge is 2.24. The smallest absolute Gasteiger partial charge is 0.123 e. The Balaban J connectivity index is 2.10. The van der Waals surface area contributed by atoms with Crippen LogP contribution in [0, 0.1) is 5.82 Å². The lowest BCUT2D eigenvalue weighted by atomic mass is 10.1. The lowest BCUT2D eigenvalue weighted by Crippen LogP contribution is -2.41. The van der Waals surface area contributed by atoms with Crippen molar-refractivity contribution in [3.8, 4) is 0 Å². The Morgan fingerprint density at radius 2 is 2.05 bits per heavy atom. The van der Waals surface area contributed by atoms with Gasteiger partial charge in [-0.05, 0) is 23.8 Å². The number of halogens is 1. The summed E-state index contributed by atoms with van der Waals surface area (Å²) in [5.41, 5.74) is 2.18. The lowest BCUT2D eigenvalue weighted by molar-refractivity contribution is 0.199. The van der Waals surface area contributed by atoms with Crippen molar-refractivity contribution in [2.75, 3.05) is 38.3 Å². The fraction of sp³-hybridized carbons (Fsp3) is 0.625. The number of hydrogen-bond donors (Lipinski definition) is 1. The van der Waals surface area contributed by atoms with Crippen LogP contribution in [0.1, 0.15) is 19.4 Å². The van der Waals surface area contributed by atoms with Crippen LogP contribution >= 0.6 is 11.8 Å². The van der Waals surface area contributed by atoms with Crippen molar-refractivity contribution in [2.24, 2.45) is 0 Å². The molecule has 2 unspecified atom stereocenters. The van der Waals surface area contributed by atoms with Crippen molar-refractivity contribution >= 4 is 17.4 Å². The number of anilines is 1. The molecular weight excluding hydrogens is 287 g/mol. The van der Waals surface area contributed by atoms with Gasteiger partial charge < -0.3 is 15.0 Å². The van der Waals surface area contributed by atoms with Gasteiger partial charge in [-0.25, -0.2) is 4.39 Å². The molecule has 1 N–H and O–H groups in total. The molecule has 0 spiro atoms. The molecule has 118 valence electrons. The Hall–Kier alpha value is -0.780. The van der Waals surface area contributed by atoms with Crippen LogP contribution in [0.2, 0.25) is 0 Å². The first-order valence-corrected chi connectivity index (χ1v) is 8.43. The fourth-order valence-electron chi connectivity index (χ4n) is 2.78. The Morgan fingerprint density at radius 3 is 2.71 bits per heavy atom. The van der Waals surface area contributed by atoms with Crippen LogP contribution in [-0.2, 0) is 11.3 Å². The third kappa shape index (κ3) is 4.87. The summed E-state index contributed by atoms with van der Waals surface area (Å²) in [6.45, 7) is 8.66. The van der Waals surface area contributed by atoms with E-state index in [0.29, 0.717) is 23.7 Å². The maximum absolute atomic E-state index is 13.6. The van der Waals surface area contributed by atoms with Gasteiger partial charge in [-0.1, -0.05) is 13.8 Å². The van der Waals surface area contributed by atoms with E-state index in [1.54, 1.807) is 19.2 Å². The van der Waals surface area contributed by atoms with E-state index in [9.17, 15) is 4.39 Å². The molecule has 21 heavy (non-hydrogen) atoms. The Morgan fingerprint density at radius 1 is 1.33 bits per heavy atom. The van der Waals surface area contributed by atoms with Gasteiger partial charge in [0.2, 0.25) is 0 Å². The molecular formula is C16H25FN2OS. The van der Waals surface area contributed by atoms with Crippen molar-refractivity contribution in [3.05, 3.63) is 29.6 Å². The van der Waals surface area contributed by atoms with Gasteiger partial charge in [0, 0.05) is 49.5 Å². The molecule has 0 saturated carbocycles. The normalized spacial score (nSPS) is 22.6. The number of methoxy groups -OCH3 is 1. The number of rotatable bonds is 6. The van der Waals surface area contributed by atoms with Gasteiger partial charge in [0.05, 0.1) is 6.61 Å². The van der Waals surface area contributed by atoms with Crippen LogP contribution in [0.15, 0.2) is 18.2 Å². The molecule has 1 aliphatic rings. The fourth-order valence-corrected chi connectivity index (χ4v) is 4.10. The minimum absolute atomic E-state index is 0.172. The van der Waals surface area contributed by atoms with Crippen LogP contribution < -0.4 is 10.2 Å². The molecule has 0 amide bonds. The molecule has 5 heteroatoms. The second-order valence-corrected chi connectivity index (χ2v) is 7.49. The molecule has 0 radical (unpaired) electrons. The van der Waals surface area contributed by atoms with Gasteiger partial charge in [-0.3, -0.25) is 0 Å². The molecule has 1 fully saturated rings. The summed E-state index contributed by atoms with van der Waals surface area (Å²) in [5.74, 6) is -0.172. The molecule has 0 aromatic heterocycles. The standard InChI is InChI=1S/C16H25FN2OS/c1-12-10-19(11-13(2)21-12)16-5-4-15(17)8-14(16)9-18-6-7-20-3/h4-5,8,12-13,18H,6-7,9-11H2,1-3H3. The molecule has 1 heterocycles. The Labute approximate surface area is 131 Å². The second-order valence-electron chi connectivity index (χ2n) is 5.60. The molecule has 1 aliphatic heterocycles. The summed E-state index contributed by atoms with van der Waals surface area (Å²) >= 11 is 2.03. The average molecular weight is 312 g/mol. The first kappa shape index (κ1) is 16.6. The molecule has 0 aliphatic carbocycles. The number of nitrogens with one attached hydrogen (secondary N) is 1. The van der Waals surface area contributed by atoms with E-state index in [1.165, 1.54) is 0 Å². The predicted octanol–water partition coefficient (Wildman–Crippen LogP) is 2.89. The summed E-state index contributed by atoms with van der Waals surface area (Å²) < 4.78 is 18.6. The third-order valence-electron chi connectivity index (χ3n) is 3.60. The van der Waals surface area contributed by atoms with Crippen molar-refractivity contribution in [1.29, 1.82) is 0 Å². The lowest BCUT2D eigenvalue weighted by Gasteiger charge is -2.37. The van der Waals surface area contributed by atoms with Crippen LogP contribution in [0.25, 0.3) is 0 Å². The van der Waals surface area contributed by atoms with E-state index in [1.807, 2.05) is 17.8 Å². The Bertz CT molecular complexity index is 448. The van der Waals surface area contributed by atoms with Crippen molar-refractivity contribution in [1.82, 2.24) is 5.32 Å². The van der Waals surface area contributed by atoms with Crippen molar-refractivity contribution in [2.45, 2.75) is 30.9 Å². The summed E-state index contributed by atoms with van der Waals surface area (Å²) in [5, 5.41) is 4.52. The van der Waals surface area contributed by atoms with Gasteiger partial charge in [0.25, 0.3) is 0 Å². The number of nitrogens with zero attached hydrogens (tertiary/aromatic N) is 1. The van der Waals surface area contributed by atoms with E-state index < -0.39 is 0 Å². The quantitative estimate of drug-likeness (QED) is 0.816. The largest absolute Gasteiger partial charge is 0.383 e. The molecule has 0 bridgehead atoms. The minimum Gasteiger partial charge on any atom is -0.383 e. The summed E-state index contributed by atoms with van der Waals surface area (Å²) in [4.78, 5) is 2.39. The number of benzene rings is 1. The van der Waals surface area contributed by atoms with Gasteiger partial charge in [0.1, 0.15) is 5.82 Å². The minimum atomic E-state index is -0.172. The average Bonchev–Trinajstić information content (AvgIpc) is 2.42. The van der Waals surface area contributed by atoms with E-state index in [0.717, 1.165) is 30.9 Å². The van der Waals surface area contributed by atoms with Gasteiger partial charge in [-0.2, -0.15) is 11.8 Å². The van der Waals surface area contributed by atoms with Crippen LogP contribution in [0.3, 0.4) is 0 Å². The zero-order valence-corrected chi connectivity index (χ0v) is 13.9. The topological polar surface area (TPSA) is 24.5 Å². The molecule has 3 nitrogen and oxygen atoms in total. The number of thioether (sulfide) groups is 1. The SMILES string of the molecule is COCCNCc1cc(F)ccc1N1CC(C)SC(C)C1. The highest BCUT2D eigenvalue weighted by molar-refractivity contribution is 8.00. The molecule has 2 atom stereocenters. The van der Waals surface area contributed by atoms with Crippen LogP contribution in [0.4, 0.5) is 10.1 Å². The molecule has 1 aromatic rings. The van der Waals surface area contributed by atoms with Crippen LogP contribution in [-0.4, -0.2) is 43.9 Å². The summed E-state index contributed by atoms with van der Waals surface area (Å²) in [7, 11) is 1.68. The third-order valence-corrected chi connectivity index (χ3v) is 4.83. The van der Waals surface area contributed by atoms with E-state index in [2.05, 4.69) is 24.1 Å². The summed E-state index contributed by atoms with van der Waals surface area (Å²) in [6.07, 6.45) is 0. The second kappa shape index (κ2) is 8.01. The molecule has 1 aromatic carbocycles.